The molecule has 1 aromatic carbocycles. The summed E-state index contributed by atoms with van der Waals surface area (Å²) in [5, 5.41) is 0. The highest BCUT2D eigenvalue weighted by Gasteiger charge is 2.06. The first kappa shape index (κ1) is 11.1. The van der Waals surface area contributed by atoms with Crippen LogP contribution in [-0.4, -0.2) is 4.98 Å². The van der Waals surface area contributed by atoms with Crippen molar-refractivity contribution in [3.8, 4) is 11.1 Å². The van der Waals surface area contributed by atoms with E-state index >= 15 is 0 Å². The minimum atomic E-state index is 0.527. The first-order valence-corrected chi connectivity index (χ1v) is 5.87. The van der Waals surface area contributed by atoms with Gasteiger partial charge in [-0.25, -0.2) is 0 Å². The van der Waals surface area contributed by atoms with Crippen molar-refractivity contribution in [3.05, 3.63) is 52.8 Å². The molecule has 0 bridgehead atoms. The van der Waals surface area contributed by atoms with Gasteiger partial charge < -0.3 is 4.98 Å². The van der Waals surface area contributed by atoms with Crippen LogP contribution in [0.3, 0.4) is 0 Å². The lowest BCUT2D eigenvalue weighted by atomic mass is 9.93. The molecule has 0 fully saturated rings. The zero-order valence-electron chi connectivity index (χ0n) is 9.53. The zero-order chi connectivity index (χ0) is 11.5. The second kappa shape index (κ2) is 4.62. The van der Waals surface area contributed by atoms with Gasteiger partial charge in [-0.05, 0) is 34.7 Å². The highest BCUT2D eigenvalue weighted by molar-refractivity contribution is 7.71. The van der Waals surface area contributed by atoms with Crippen LogP contribution >= 0.6 is 12.2 Å². The molecule has 0 saturated carbocycles. The Kier molecular flexibility index (Phi) is 3.20. The van der Waals surface area contributed by atoms with Crippen molar-refractivity contribution < 1.29 is 0 Å². The molecule has 0 aliphatic carbocycles. The first-order chi connectivity index (χ1) is 7.68. The first-order valence-electron chi connectivity index (χ1n) is 5.46. The number of rotatable bonds is 2. The summed E-state index contributed by atoms with van der Waals surface area (Å²) in [6, 6.07) is 12.5. The Bertz CT molecular complexity index is 520. The molecule has 2 heteroatoms. The molecule has 1 aromatic heterocycles. The van der Waals surface area contributed by atoms with E-state index in [9.17, 15) is 0 Å². The second-order valence-electron chi connectivity index (χ2n) is 4.18. The van der Waals surface area contributed by atoms with Gasteiger partial charge in [0.05, 0.1) is 0 Å². The van der Waals surface area contributed by atoms with Crippen molar-refractivity contribution in [2.24, 2.45) is 0 Å². The van der Waals surface area contributed by atoms with Crippen molar-refractivity contribution in [2.75, 3.05) is 0 Å². The van der Waals surface area contributed by atoms with Crippen molar-refractivity contribution in [1.29, 1.82) is 0 Å². The van der Waals surface area contributed by atoms with Gasteiger partial charge >= 0.3 is 0 Å². The van der Waals surface area contributed by atoms with E-state index in [0.717, 1.165) is 4.64 Å². The Morgan fingerprint density at radius 2 is 1.81 bits per heavy atom. The summed E-state index contributed by atoms with van der Waals surface area (Å²) >= 11 is 5.05. The van der Waals surface area contributed by atoms with Crippen LogP contribution in [-0.2, 0) is 0 Å². The maximum atomic E-state index is 5.05. The molecule has 1 heterocycles. The zero-order valence-corrected chi connectivity index (χ0v) is 10.3. The molecule has 0 aliphatic heterocycles. The summed E-state index contributed by atoms with van der Waals surface area (Å²) in [4.78, 5) is 3.08. The van der Waals surface area contributed by atoms with Crippen molar-refractivity contribution >= 4 is 12.2 Å². The number of aromatic nitrogens is 1. The molecular weight excluding hydrogens is 214 g/mol. The molecular formula is C14H15NS. The van der Waals surface area contributed by atoms with E-state index in [1.165, 1.54) is 16.7 Å². The van der Waals surface area contributed by atoms with Crippen molar-refractivity contribution in [1.82, 2.24) is 4.98 Å². The molecule has 1 N–H and O–H groups in total. The highest BCUT2D eigenvalue weighted by Crippen LogP contribution is 2.28. The van der Waals surface area contributed by atoms with Crippen LogP contribution < -0.4 is 0 Å². The lowest BCUT2D eigenvalue weighted by Crippen LogP contribution is -1.92. The largest absolute Gasteiger partial charge is 0.352 e. The third-order valence-electron chi connectivity index (χ3n) is 2.68. The van der Waals surface area contributed by atoms with Crippen molar-refractivity contribution in [3.63, 3.8) is 0 Å². The van der Waals surface area contributed by atoms with Gasteiger partial charge in [0.15, 0.2) is 0 Å². The fourth-order valence-corrected chi connectivity index (χ4v) is 1.97. The van der Waals surface area contributed by atoms with E-state index in [1.54, 1.807) is 0 Å². The van der Waals surface area contributed by atoms with Crippen LogP contribution in [0.2, 0.25) is 0 Å². The maximum Gasteiger partial charge on any atom is 0.103 e. The molecule has 0 saturated heterocycles. The van der Waals surface area contributed by atoms with Gasteiger partial charge in [-0.2, -0.15) is 0 Å². The van der Waals surface area contributed by atoms with Crippen LogP contribution in [0.1, 0.15) is 25.3 Å². The molecule has 16 heavy (non-hydrogen) atoms. The van der Waals surface area contributed by atoms with E-state index in [2.05, 4.69) is 49.2 Å². The number of H-pyrrole nitrogens is 1. The SMILES string of the molecule is CC(C)c1ccccc1-c1ccc(=S)[nH]c1. The van der Waals surface area contributed by atoms with Gasteiger partial charge in [-0.3, -0.25) is 0 Å². The highest BCUT2D eigenvalue weighted by atomic mass is 32.1. The summed E-state index contributed by atoms with van der Waals surface area (Å²) in [6.45, 7) is 4.42. The van der Waals surface area contributed by atoms with E-state index in [4.69, 9.17) is 12.2 Å². The van der Waals surface area contributed by atoms with Gasteiger partial charge in [0.2, 0.25) is 0 Å². The van der Waals surface area contributed by atoms with E-state index in [-0.39, 0.29) is 0 Å². The number of hydrogen-bond donors (Lipinski definition) is 1. The second-order valence-corrected chi connectivity index (χ2v) is 4.62. The number of nitrogens with one attached hydrogen (secondary N) is 1. The summed E-state index contributed by atoms with van der Waals surface area (Å²) in [6.07, 6.45) is 1.98. The lowest BCUT2D eigenvalue weighted by Gasteiger charge is -2.12. The minimum Gasteiger partial charge on any atom is -0.352 e. The fraction of sp³-hybridized carbons (Fsp3) is 0.214. The number of pyridine rings is 1. The van der Waals surface area contributed by atoms with Crippen LogP contribution in [0.15, 0.2) is 42.6 Å². The van der Waals surface area contributed by atoms with Crippen LogP contribution in [0, 0.1) is 4.64 Å². The smallest absolute Gasteiger partial charge is 0.103 e. The molecule has 0 spiro atoms. The molecule has 1 nitrogen and oxygen atoms in total. The number of benzene rings is 1. The van der Waals surface area contributed by atoms with Gasteiger partial charge in [-0.1, -0.05) is 50.3 Å². The topological polar surface area (TPSA) is 15.8 Å². The van der Waals surface area contributed by atoms with Gasteiger partial charge in [-0.15, -0.1) is 0 Å². The third-order valence-corrected chi connectivity index (χ3v) is 2.93. The van der Waals surface area contributed by atoms with E-state index in [1.807, 2.05) is 12.3 Å². The Hall–Kier alpha value is -1.41. The molecule has 0 atom stereocenters. The monoisotopic (exact) mass is 229 g/mol. The summed E-state index contributed by atoms with van der Waals surface area (Å²) in [5.41, 5.74) is 3.84. The van der Waals surface area contributed by atoms with Gasteiger partial charge in [0.25, 0.3) is 0 Å². The molecule has 0 radical (unpaired) electrons. The minimum absolute atomic E-state index is 0.527. The molecule has 0 unspecified atom stereocenters. The lowest BCUT2D eigenvalue weighted by molar-refractivity contribution is 0.869. The molecule has 0 amide bonds. The average Bonchev–Trinajstić information content (AvgIpc) is 2.30. The maximum absolute atomic E-state index is 5.05. The molecule has 2 aromatic rings. The van der Waals surface area contributed by atoms with Gasteiger partial charge in [0.1, 0.15) is 4.64 Å². The Morgan fingerprint density at radius 3 is 2.44 bits per heavy atom. The standard InChI is InChI=1S/C14H15NS/c1-10(2)12-5-3-4-6-13(12)11-7-8-14(16)15-9-11/h3-10H,1-2H3,(H,15,16). The normalized spacial score (nSPS) is 10.7. The summed E-state index contributed by atoms with van der Waals surface area (Å²) in [7, 11) is 0. The molecule has 0 aliphatic rings. The Morgan fingerprint density at radius 1 is 1.06 bits per heavy atom. The quantitative estimate of drug-likeness (QED) is 0.748. The van der Waals surface area contributed by atoms with E-state index in [0.29, 0.717) is 5.92 Å². The van der Waals surface area contributed by atoms with Crippen molar-refractivity contribution in [2.45, 2.75) is 19.8 Å². The Balaban J connectivity index is 2.55. The molecule has 82 valence electrons. The fourth-order valence-electron chi connectivity index (χ4n) is 1.84. The number of aromatic amines is 1. The summed E-state index contributed by atoms with van der Waals surface area (Å²) < 4.78 is 0.769. The van der Waals surface area contributed by atoms with E-state index < -0.39 is 0 Å². The summed E-state index contributed by atoms with van der Waals surface area (Å²) in [5.74, 6) is 0.527. The average molecular weight is 229 g/mol. The predicted molar refractivity (Wildman–Crippen MR) is 71.2 cm³/mol. The number of hydrogen-bond acceptors (Lipinski definition) is 1. The third kappa shape index (κ3) is 2.22. The van der Waals surface area contributed by atoms with Gasteiger partial charge in [0, 0.05) is 6.20 Å². The Labute approximate surface area is 101 Å². The predicted octanol–water partition coefficient (Wildman–Crippen LogP) is 4.53. The molecule has 2 rings (SSSR count). The van der Waals surface area contributed by atoms with Crippen LogP contribution in [0.4, 0.5) is 0 Å². The van der Waals surface area contributed by atoms with Crippen LogP contribution in [0.5, 0.6) is 0 Å². The van der Waals surface area contributed by atoms with Crippen LogP contribution in [0.25, 0.3) is 11.1 Å².